The minimum absolute atomic E-state index is 0.180. The predicted molar refractivity (Wildman–Crippen MR) is 91.3 cm³/mol. The van der Waals surface area contributed by atoms with Crippen LogP contribution in [0.15, 0.2) is 52.1 Å². The van der Waals surface area contributed by atoms with Gasteiger partial charge in [-0.1, -0.05) is 18.2 Å². The Hall–Kier alpha value is -3.22. The number of hydrogen-bond acceptors (Lipinski definition) is 3. The van der Waals surface area contributed by atoms with Gasteiger partial charge in [0.1, 0.15) is 12.4 Å². The van der Waals surface area contributed by atoms with Crippen molar-refractivity contribution in [2.75, 3.05) is 11.4 Å². The Bertz CT molecular complexity index is 1120. The number of anilines is 1. The molecule has 0 bridgehead atoms. The van der Waals surface area contributed by atoms with Crippen molar-refractivity contribution in [1.82, 2.24) is 9.55 Å². The molecule has 6 nitrogen and oxygen atoms in total. The van der Waals surface area contributed by atoms with E-state index in [0.29, 0.717) is 12.1 Å². The molecule has 0 spiro atoms. The summed E-state index contributed by atoms with van der Waals surface area (Å²) in [6, 6.07) is 11.3. The maximum absolute atomic E-state index is 13.4. The van der Waals surface area contributed by atoms with E-state index in [-0.39, 0.29) is 18.0 Å². The van der Waals surface area contributed by atoms with E-state index in [1.807, 2.05) is 24.3 Å². The summed E-state index contributed by atoms with van der Waals surface area (Å²) in [5.41, 5.74) is 0.667. The Morgan fingerprint density at radius 3 is 2.80 bits per heavy atom. The molecule has 1 aromatic heterocycles. The van der Waals surface area contributed by atoms with Gasteiger partial charge in [0.2, 0.25) is 5.91 Å². The van der Waals surface area contributed by atoms with Crippen molar-refractivity contribution in [2.24, 2.45) is 0 Å². The lowest BCUT2D eigenvalue weighted by Gasteiger charge is -2.18. The molecule has 0 atom stereocenters. The van der Waals surface area contributed by atoms with E-state index in [1.54, 1.807) is 4.90 Å². The standard InChI is InChI=1S/C18H14FN3O3/c19-12-5-6-15-13(9-12)20-17(24)18(25)22(15)10-16(23)21-8-7-11-3-1-2-4-14(11)21/h1-6,9H,7-8,10H2,(H,20,24). The summed E-state index contributed by atoms with van der Waals surface area (Å²) < 4.78 is 14.5. The number of amides is 1. The van der Waals surface area contributed by atoms with Gasteiger partial charge >= 0.3 is 11.1 Å². The molecule has 3 aromatic rings. The van der Waals surface area contributed by atoms with E-state index in [4.69, 9.17) is 0 Å². The Labute approximate surface area is 141 Å². The highest BCUT2D eigenvalue weighted by Crippen LogP contribution is 2.27. The van der Waals surface area contributed by atoms with Gasteiger partial charge in [-0.25, -0.2) is 4.39 Å². The summed E-state index contributed by atoms with van der Waals surface area (Å²) >= 11 is 0. The summed E-state index contributed by atoms with van der Waals surface area (Å²) in [5.74, 6) is -0.823. The van der Waals surface area contributed by atoms with Crippen molar-refractivity contribution in [1.29, 1.82) is 0 Å². The maximum Gasteiger partial charge on any atom is 0.317 e. The highest BCUT2D eigenvalue weighted by Gasteiger charge is 2.25. The number of benzene rings is 2. The smallest absolute Gasteiger partial charge is 0.316 e. The second kappa shape index (κ2) is 5.70. The van der Waals surface area contributed by atoms with E-state index in [2.05, 4.69) is 4.98 Å². The van der Waals surface area contributed by atoms with E-state index < -0.39 is 16.9 Å². The number of halogens is 1. The second-order valence-corrected chi connectivity index (χ2v) is 5.93. The molecule has 0 saturated carbocycles. The molecule has 1 amide bonds. The molecule has 1 aliphatic heterocycles. The quantitative estimate of drug-likeness (QED) is 0.718. The van der Waals surface area contributed by atoms with Gasteiger partial charge in [-0.3, -0.25) is 19.0 Å². The topological polar surface area (TPSA) is 75.2 Å². The largest absolute Gasteiger partial charge is 0.317 e. The number of hydrogen-bond donors (Lipinski definition) is 1. The van der Waals surface area contributed by atoms with Crippen LogP contribution in [0.1, 0.15) is 5.56 Å². The molecule has 0 fully saturated rings. The van der Waals surface area contributed by atoms with Crippen LogP contribution in [-0.2, 0) is 17.8 Å². The van der Waals surface area contributed by atoms with Gasteiger partial charge in [-0.15, -0.1) is 0 Å². The first-order valence-corrected chi connectivity index (χ1v) is 7.85. The monoisotopic (exact) mass is 339 g/mol. The Balaban J connectivity index is 1.76. The van der Waals surface area contributed by atoms with Crippen LogP contribution in [-0.4, -0.2) is 22.0 Å². The molecule has 25 heavy (non-hydrogen) atoms. The van der Waals surface area contributed by atoms with Crippen molar-refractivity contribution in [3.05, 3.63) is 74.6 Å². The second-order valence-electron chi connectivity index (χ2n) is 5.93. The number of aromatic nitrogens is 2. The molecular weight excluding hydrogens is 325 g/mol. The molecule has 1 N–H and O–H groups in total. The highest BCUT2D eigenvalue weighted by atomic mass is 19.1. The van der Waals surface area contributed by atoms with Crippen LogP contribution in [0.25, 0.3) is 11.0 Å². The van der Waals surface area contributed by atoms with Crippen LogP contribution in [0.3, 0.4) is 0 Å². The molecule has 0 aliphatic carbocycles. The average molecular weight is 339 g/mol. The lowest BCUT2D eigenvalue weighted by molar-refractivity contribution is -0.119. The molecule has 126 valence electrons. The van der Waals surface area contributed by atoms with Crippen LogP contribution in [0.2, 0.25) is 0 Å². The van der Waals surface area contributed by atoms with Crippen LogP contribution in [0, 0.1) is 5.82 Å². The third-order valence-electron chi connectivity index (χ3n) is 4.42. The molecular formula is C18H14FN3O3. The Morgan fingerprint density at radius 2 is 1.96 bits per heavy atom. The first-order valence-electron chi connectivity index (χ1n) is 7.85. The molecule has 7 heteroatoms. The van der Waals surface area contributed by atoms with Crippen LogP contribution >= 0.6 is 0 Å². The Kier molecular flexibility index (Phi) is 3.49. The van der Waals surface area contributed by atoms with Gasteiger partial charge in [-0.05, 0) is 36.2 Å². The molecule has 4 rings (SSSR count). The summed E-state index contributed by atoms with van der Waals surface area (Å²) in [7, 11) is 0. The van der Waals surface area contributed by atoms with Crippen molar-refractivity contribution < 1.29 is 9.18 Å². The fourth-order valence-electron chi connectivity index (χ4n) is 3.23. The number of nitrogens with one attached hydrogen (secondary N) is 1. The Morgan fingerprint density at radius 1 is 1.16 bits per heavy atom. The SMILES string of the molecule is O=C(Cn1c(=O)c(=O)[nH]c2cc(F)ccc21)N1CCc2ccccc21. The summed E-state index contributed by atoms with van der Waals surface area (Å²) in [6.45, 7) is 0.252. The van der Waals surface area contributed by atoms with E-state index in [1.165, 1.54) is 12.1 Å². The number of rotatable bonds is 2. The lowest BCUT2D eigenvalue weighted by atomic mass is 10.2. The predicted octanol–water partition coefficient (Wildman–Crippen LogP) is 1.42. The zero-order chi connectivity index (χ0) is 17.6. The first-order chi connectivity index (χ1) is 12.0. The zero-order valence-electron chi connectivity index (χ0n) is 13.2. The van der Waals surface area contributed by atoms with Crippen LogP contribution in [0.4, 0.5) is 10.1 Å². The normalized spacial score (nSPS) is 13.2. The fraction of sp³-hybridized carbons (Fsp3) is 0.167. The number of carbonyl (C=O) groups excluding carboxylic acids is 1. The molecule has 2 heterocycles. The minimum Gasteiger partial charge on any atom is -0.316 e. The molecule has 0 unspecified atom stereocenters. The fourth-order valence-corrected chi connectivity index (χ4v) is 3.23. The van der Waals surface area contributed by atoms with Crippen molar-refractivity contribution in [2.45, 2.75) is 13.0 Å². The third-order valence-corrected chi connectivity index (χ3v) is 4.42. The number of nitrogens with zero attached hydrogens (tertiary/aromatic N) is 2. The summed E-state index contributed by atoms with van der Waals surface area (Å²) in [5, 5.41) is 0. The van der Waals surface area contributed by atoms with E-state index in [9.17, 15) is 18.8 Å². The zero-order valence-corrected chi connectivity index (χ0v) is 13.2. The van der Waals surface area contributed by atoms with Crippen LogP contribution in [0.5, 0.6) is 0 Å². The van der Waals surface area contributed by atoms with Crippen molar-refractivity contribution in [3.63, 3.8) is 0 Å². The van der Waals surface area contributed by atoms with Gasteiger partial charge in [0.15, 0.2) is 0 Å². The number of aromatic amines is 1. The number of fused-ring (bicyclic) bond motifs is 2. The van der Waals surface area contributed by atoms with Gasteiger partial charge in [0.05, 0.1) is 11.0 Å². The number of para-hydroxylation sites is 1. The lowest BCUT2D eigenvalue weighted by Crippen LogP contribution is -2.41. The molecule has 1 aliphatic rings. The molecule has 2 aromatic carbocycles. The van der Waals surface area contributed by atoms with Gasteiger partial charge < -0.3 is 9.88 Å². The number of H-pyrrole nitrogens is 1. The van der Waals surface area contributed by atoms with Gasteiger partial charge in [0.25, 0.3) is 0 Å². The van der Waals surface area contributed by atoms with Gasteiger partial charge in [0, 0.05) is 12.2 Å². The van der Waals surface area contributed by atoms with E-state index in [0.717, 1.165) is 28.3 Å². The summed E-state index contributed by atoms with van der Waals surface area (Å²) in [6.07, 6.45) is 0.748. The summed E-state index contributed by atoms with van der Waals surface area (Å²) in [4.78, 5) is 40.7. The van der Waals surface area contributed by atoms with E-state index >= 15 is 0 Å². The van der Waals surface area contributed by atoms with Gasteiger partial charge in [-0.2, -0.15) is 0 Å². The molecule has 0 radical (unpaired) electrons. The maximum atomic E-state index is 13.4. The highest BCUT2D eigenvalue weighted by molar-refractivity contribution is 5.95. The third kappa shape index (κ3) is 2.53. The number of carbonyl (C=O) groups is 1. The van der Waals surface area contributed by atoms with Crippen molar-refractivity contribution >= 4 is 22.6 Å². The van der Waals surface area contributed by atoms with Crippen molar-refractivity contribution in [3.8, 4) is 0 Å². The van der Waals surface area contributed by atoms with Crippen LogP contribution < -0.4 is 16.0 Å². The molecule has 0 saturated heterocycles. The first kappa shape index (κ1) is 15.3. The average Bonchev–Trinajstić information content (AvgIpc) is 3.03. The minimum atomic E-state index is -0.882.